The minimum Gasteiger partial charge on any atom is -0.493 e. The summed E-state index contributed by atoms with van der Waals surface area (Å²) in [5, 5.41) is 11.6. The first-order chi connectivity index (χ1) is 14.1. The zero-order valence-electron chi connectivity index (χ0n) is 16.4. The monoisotopic (exact) mass is 396 g/mol. The maximum atomic E-state index is 12.8. The van der Waals surface area contributed by atoms with Crippen LogP contribution in [0.2, 0.25) is 0 Å². The van der Waals surface area contributed by atoms with E-state index in [1.54, 1.807) is 37.3 Å². The van der Waals surface area contributed by atoms with Crippen LogP contribution < -0.4 is 14.2 Å². The Balaban J connectivity index is 1.42. The van der Waals surface area contributed by atoms with Crippen LogP contribution in [0, 0.1) is 0 Å². The first kappa shape index (κ1) is 19.1. The van der Waals surface area contributed by atoms with E-state index in [0.717, 1.165) is 10.9 Å². The average molecular weight is 396 g/mol. The fourth-order valence-electron chi connectivity index (χ4n) is 3.66. The Bertz CT molecular complexity index is 982. The number of fused-ring (bicyclic) bond motifs is 1. The number of ether oxygens (including phenoxy) is 3. The van der Waals surface area contributed by atoms with Crippen molar-refractivity contribution >= 4 is 16.8 Å². The van der Waals surface area contributed by atoms with Crippen LogP contribution in [0.1, 0.15) is 16.9 Å². The maximum Gasteiger partial charge on any atom is 0.270 e. The van der Waals surface area contributed by atoms with Gasteiger partial charge < -0.3 is 29.2 Å². The fourth-order valence-corrected chi connectivity index (χ4v) is 3.66. The first-order valence-corrected chi connectivity index (χ1v) is 9.53. The van der Waals surface area contributed by atoms with E-state index in [4.69, 9.17) is 14.2 Å². The van der Waals surface area contributed by atoms with E-state index in [2.05, 4.69) is 4.98 Å². The summed E-state index contributed by atoms with van der Waals surface area (Å²) in [5.74, 6) is 1.64. The second kappa shape index (κ2) is 8.05. The van der Waals surface area contributed by atoms with Crippen molar-refractivity contribution in [2.24, 2.45) is 0 Å². The molecule has 7 nitrogen and oxygen atoms in total. The van der Waals surface area contributed by atoms with Gasteiger partial charge in [0.05, 0.1) is 20.8 Å². The molecule has 152 valence electrons. The fraction of sp³-hybridized carbons (Fsp3) is 0.318. The van der Waals surface area contributed by atoms with Crippen LogP contribution in [-0.2, 0) is 0 Å². The molecule has 0 spiro atoms. The zero-order valence-corrected chi connectivity index (χ0v) is 16.4. The number of carbonyl (C=O) groups excluding carboxylic acids is 1. The van der Waals surface area contributed by atoms with Crippen molar-refractivity contribution in [3.8, 4) is 17.2 Å². The molecule has 29 heavy (non-hydrogen) atoms. The van der Waals surface area contributed by atoms with E-state index in [1.807, 2.05) is 30.3 Å². The second-order valence-electron chi connectivity index (χ2n) is 7.05. The number of nitrogens with one attached hydrogen (secondary N) is 1. The molecule has 2 heterocycles. The molecule has 2 atom stereocenters. The summed E-state index contributed by atoms with van der Waals surface area (Å²) in [5.41, 5.74) is 1.45. The maximum absolute atomic E-state index is 12.8. The molecular formula is C22H24N2O5. The SMILES string of the molecule is COc1ccc(O[C@@H]2CCN(C(=O)c3cc4ccccc4[nH]3)C[C@H]2O)cc1OC. The van der Waals surface area contributed by atoms with Crippen LogP contribution in [0.25, 0.3) is 10.9 Å². The van der Waals surface area contributed by atoms with Gasteiger partial charge in [-0.3, -0.25) is 4.79 Å². The predicted octanol–water partition coefficient (Wildman–Crippen LogP) is 2.84. The Kier molecular flexibility index (Phi) is 5.31. The lowest BCUT2D eigenvalue weighted by Gasteiger charge is -2.35. The molecule has 2 N–H and O–H groups in total. The van der Waals surface area contributed by atoms with Crippen LogP contribution in [0.15, 0.2) is 48.5 Å². The van der Waals surface area contributed by atoms with Gasteiger partial charge in [-0.05, 0) is 24.3 Å². The van der Waals surface area contributed by atoms with E-state index in [9.17, 15) is 9.90 Å². The van der Waals surface area contributed by atoms with E-state index in [1.165, 1.54) is 0 Å². The molecule has 0 unspecified atom stereocenters. The summed E-state index contributed by atoms with van der Waals surface area (Å²) in [7, 11) is 3.13. The number of rotatable bonds is 5. The quantitative estimate of drug-likeness (QED) is 0.693. The summed E-state index contributed by atoms with van der Waals surface area (Å²) < 4.78 is 16.5. The normalized spacial score (nSPS) is 19.2. The number of nitrogens with zero attached hydrogens (tertiary/aromatic N) is 1. The van der Waals surface area contributed by atoms with Gasteiger partial charge in [0.15, 0.2) is 11.5 Å². The highest BCUT2D eigenvalue weighted by Crippen LogP contribution is 2.32. The molecule has 0 aliphatic carbocycles. The molecule has 2 aromatic carbocycles. The van der Waals surface area contributed by atoms with Gasteiger partial charge in [0.25, 0.3) is 5.91 Å². The number of benzene rings is 2. The number of H-pyrrole nitrogens is 1. The number of β-amino-alcohol motifs (C(OH)–C–C–N with tert-alkyl or cyclic N) is 1. The number of para-hydroxylation sites is 1. The average Bonchev–Trinajstić information content (AvgIpc) is 3.18. The highest BCUT2D eigenvalue weighted by molar-refractivity contribution is 5.98. The molecule has 0 radical (unpaired) electrons. The molecule has 0 bridgehead atoms. The number of amides is 1. The van der Waals surface area contributed by atoms with E-state index >= 15 is 0 Å². The van der Waals surface area contributed by atoms with Gasteiger partial charge in [-0.15, -0.1) is 0 Å². The van der Waals surface area contributed by atoms with Gasteiger partial charge in [0, 0.05) is 29.9 Å². The Morgan fingerprint density at radius 2 is 1.90 bits per heavy atom. The molecule has 3 aromatic rings. The number of aromatic amines is 1. The highest BCUT2D eigenvalue weighted by Gasteiger charge is 2.32. The van der Waals surface area contributed by atoms with Crippen molar-refractivity contribution in [3.05, 3.63) is 54.2 Å². The number of hydrogen-bond acceptors (Lipinski definition) is 5. The lowest BCUT2D eigenvalue weighted by Crippen LogP contribution is -2.51. The molecule has 1 aromatic heterocycles. The number of hydrogen-bond donors (Lipinski definition) is 2. The summed E-state index contributed by atoms with van der Waals surface area (Å²) >= 11 is 0. The summed E-state index contributed by atoms with van der Waals surface area (Å²) in [4.78, 5) is 17.7. The number of aromatic nitrogens is 1. The lowest BCUT2D eigenvalue weighted by atomic mass is 10.0. The molecule has 7 heteroatoms. The molecule has 1 fully saturated rings. The molecule has 1 aliphatic rings. The van der Waals surface area contributed by atoms with Gasteiger partial charge >= 0.3 is 0 Å². The topological polar surface area (TPSA) is 84.0 Å². The van der Waals surface area contributed by atoms with Crippen LogP contribution in [-0.4, -0.2) is 60.4 Å². The van der Waals surface area contributed by atoms with Gasteiger partial charge in [-0.2, -0.15) is 0 Å². The third-order valence-electron chi connectivity index (χ3n) is 5.21. The summed E-state index contributed by atoms with van der Waals surface area (Å²) in [6.45, 7) is 0.718. The summed E-state index contributed by atoms with van der Waals surface area (Å²) in [6.07, 6.45) is -0.661. The summed E-state index contributed by atoms with van der Waals surface area (Å²) in [6, 6.07) is 14.9. The molecule has 0 saturated carbocycles. The van der Waals surface area contributed by atoms with E-state index in [0.29, 0.717) is 35.9 Å². The number of piperidine rings is 1. The van der Waals surface area contributed by atoms with Crippen molar-refractivity contribution < 1.29 is 24.1 Å². The minimum atomic E-state index is -0.787. The third-order valence-corrected chi connectivity index (χ3v) is 5.21. The van der Waals surface area contributed by atoms with Crippen LogP contribution in [0.5, 0.6) is 17.2 Å². The smallest absolute Gasteiger partial charge is 0.270 e. The molecule has 1 aliphatic heterocycles. The standard InChI is InChI=1S/C22H24N2O5/c1-27-20-8-7-15(12-21(20)28-2)29-19-9-10-24(13-18(19)25)22(26)17-11-14-5-3-4-6-16(14)23-17/h3-8,11-12,18-19,23,25H,9-10,13H2,1-2H3/t18-,19-/m1/s1. The highest BCUT2D eigenvalue weighted by atomic mass is 16.5. The molecule has 1 amide bonds. The third kappa shape index (κ3) is 3.86. The second-order valence-corrected chi connectivity index (χ2v) is 7.05. The Hall–Kier alpha value is -3.19. The molecule has 1 saturated heterocycles. The number of methoxy groups -OCH3 is 2. The van der Waals surface area contributed by atoms with Crippen molar-refractivity contribution in [2.45, 2.75) is 18.6 Å². The van der Waals surface area contributed by atoms with Gasteiger partial charge in [-0.25, -0.2) is 0 Å². The van der Waals surface area contributed by atoms with Crippen LogP contribution in [0.3, 0.4) is 0 Å². The van der Waals surface area contributed by atoms with E-state index in [-0.39, 0.29) is 12.5 Å². The van der Waals surface area contributed by atoms with Crippen molar-refractivity contribution in [2.75, 3.05) is 27.3 Å². The lowest BCUT2D eigenvalue weighted by molar-refractivity contribution is -0.0201. The number of likely N-dealkylation sites (tertiary alicyclic amines) is 1. The number of aliphatic hydroxyl groups excluding tert-OH is 1. The minimum absolute atomic E-state index is 0.121. The Labute approximate surface area is 168 Å². The zero-order chi connectivity index (χ0) is 20.4. The number of carbonyl (C=O) groups is 1. The molecular weight excluding hydrogens is 372 g/mol. The van der Waals surface area contributed by atoms with Gasteiger partial charge in [0.1, 0.15) is 23.7 Å². The molecule has 4 rings (SSSR count). The van der Waals surface area contributed by atoms with Crippen molar-refractivity contribution in [1.82, 2.24) is 9.88 Å². The van der Waals surface area contributed by atoms with Crippen LogP contribution in [0.4, 0.5) is 0 Å². The number of aliphatic hydroxyl groups is 1. The Morgan fingerprint density at radius 3 is 2.62 bits per heavy atom. The van der Waals surface area contributed by atoms with Crippen LogP contribution >= 0.6 is 0 Å². The van der Waals surface area contributed by atoms with Gasteiger partial charge in [-0.1, -0.05) is 18.2 Å². The Morgan fingerprint density at radius 1 is 1.10 bits per heavy atom. The van der Waals surface area contributed by atoms with Crippen molar-refractivity contribution in [3.63, 3.8) is 0 Å². The first-order valence-electron chi connectivity index (χ1n) is 9.53. The van der Waals surface area contributed by atoms with Gasteiger partial charge in [0.2, 0.25) is 0 Å². The van der Waals surface area contributed by atoms with E-state index < -0.39 is 12.2 Å². The largest absolute Gasteiger partial charge is 0.493 e. The predicted molar refractivity (Wildman–Crippen MR) is 109 cm³/mol. The van der Waals surface area contributed by atoms with Crippen molar-refractivity contribution in [1.29, 1.82) is 0 Å².